The highest BCUT2D eigenvalue weighted by Gasteiger charge is 2.67. The number of ether oxygens (including phenoxy) is 1. The van der Waals surface area contributed by atoms with Crippen LogP contribution in [-0.2, 0) is 4.74 Å². The molecule has 0 aromatic heterocycles. The van der Waals surface area contributed by atoms with Gasteiger partial charge in [0.1, 0.15) is 0 Å². The lowest BCUT2D eigenvalue weighted by atomic mass is 9.44. The highest BCUT2D eigenvalue weighted by Crippen LogP contribution is 2.69. The standard InChI is InChI=1S/C21H32O/c1-14-11-21(9-4-5-10-21)18-20(3,22-18)12-15-7-6-8-19(2)13-16(14)17(15)19/h15-18H,1,4-13H2,2-3H3/t15-,16+,17+,18+,19-,20+/m0/s1. The monoisotopic (exact) mass is 300 g/mol. The zero-order valence-electron chi connectivity index (χ0n) is 14.5. The van der Waals surface area contributed by atoms with Crippen LogP contribution in [0, 0.1) is 28.6 Å². The predicted molar refractivity (Wildman–Crippen MR) is 89.6 cm³/mol. The molecule has 1 aliphatic heterocycles. The second-order valence-electron chi connectivity index (χ2n) is 10.1. The summed E-state index contributed by atoms with van der Waals surface area (Å²) in [7, 11) is 0. The van der Waals surface area contributed by atoms with Crippen molar-refractivity contribution in [1.29, 1.82) is 0 Å². The van der Waals surface area contributed by atoms with Crippen molar-refractivity contribution < 1.29 is 4.74 Å². The molecule has 0 amide bonds. The summed E-state index contributed by atoms with van der Waals surface area (Å²) in [5.74, 6) is 2.67. The van der Waals surface area contributed by atoms with Gasteiger partial charge in [-0.05, 0) is 68.6 Å². The molecule has 1 saturated heterocycles. The molecular weight excluding hydrogens is 268 g/mol. The third-order valence-electron chi connectivity index (χ3n) is 8.57. The Bertz CT molecular complexity index is 516. The Morgan fingerprint density at radius 2 is 1.82 bits per heavy atom. The van der Waals surface area contributed by atoms with E-state index in [9.17, 15) is 0 Å². The van der Waals surface area contributed by atoms with Gasteiger partial charge in [0.15, 0.2) is 0 Å². The van der Waals surface area contributed by atoms with Crippen LogP contribution in [-0.4, -0.2) is 11.7 Å². The van der Waals surface area contributed by atoms with Crippen molar-refractivity contribution in [3.63, 3.8) is 0 Å². The molecule has 6 atom stereocenters. The first-order chi connectivity index (χ1) is 10.5. The van der Waals surface area contributed by atoms with Gasteiger partial charge in [-0.2, -0.15) is 0 Å². The number of fused-ring (bicyclic) bond motifs is 2. The van der Waals surface area contributed by atoms with E-state index in [-0.39, 0.29) is 5.60 Å². The van der Waals surface area contributed by atoms with E-state index in [1.165, 1.54) is 64.2 Å². The Labute approximate surface area is 135 Å². The average molecular weight is 300 g/mol. The normalized spacial score (nSPS) is 55.5. The molecule has 0 N–H and O–H groups in total. The van der Waals surface area contributed by atoms with Gasteiger partial charge in [-0.15, -0.1) is 0 Å². The van der Waals surface area contributed by atoms with Crippen LogP contribution < -0.4 is 0 Å². The van der Waals surface area contributed by atoms with Crippen molar-refractivity contribution >= 4 is 0 Å². The molecule has 5 aliphatic rings. The first kappa shape index (κ1) is 14.1. The van der Waals surface area contributed by atoms with Crippen molar-refractivity contribution in [2.75, 3.05) is 0 Å². The molecule has 5 rings (SSSR count). The Morgan fingerprint density at radius 1 is 1.05 bits per heavy atom. The zero-order valence-corrected chi connectivity index (χ0v) is 14.5. The Morgan fingerprint density at radius 3 is 2.59 bits per heavy atom. The minimum atomic E-state index is 0.206. The number of hydrogen-bond donors (Lipinski definition) is 0. The second-order valence-corrected chi connectivity index (χ2v) is 10.1. The molecular formula is C21H32O. The molecule has 4 aliphatic carbocycles. The largest absolute Gasteiger partial charge is 0.366 e. The third-order valence-corrected chi connectivity index (χ3v) is 8.57. The molecule has 4 saturated carbocycles. The summed E-state index contributed by atoms with van der Waals surface area (Å²) in [6.45, 7) is 9.65. The Balaban J connectivity index is 1.52. The van der Waals surface area contributed by atoms with Gasteiger partial charge in [0, 0.05) is 5.41 Å². The van der Waals surface area contributed by atoms with E-state index in [0.717, 1.165) is 17.8 Å². The van der Waals surface area contributed by atoms with Gasteiger partial charge in [0.05, 0.1) is 11.7 Å². The highest BCUT2D eigenvalue weighted by molar-refractivity contribution is 5.24. The van der Waals surface area contributed by atoms with E-state index in [2.05, 4.69) is 20.4 Å². The molecule has 0 radical (unpaired) electrons. The summed E-state index contributed by atoms with van der Waals surface area (Å²) in [4.78, 5) is 0. The predicted octanol–water partition coefficient (Wildman–Crippen LogP) is 5.50. The quantitative estimate of drug-likeness (QED) is 0.425. The van der Waals surface area contributed by atoms with Gasteiger partial charge < -0.3 is 4.74 Å². The molecule has 122 valence electrons. The molecule has 22 heavy (non-hydrogen) atoms. The highest BCUT2D eigenvalue weighted by atomic mass is 16.6. The fourth-order valence-corrected chi connectivity index (χ4v) is 7.71. The Kier molecular flexibility index (Phi) is 2.69. The lowest BCUT2D eigenvalue weighted by Gasteiger charge is -2.61. The van der Waals surface area contributed by atoms with E-state index in [1.54, 1.807) is 5.57 Å². The van der Waals surface area contributed by atoms with Crippen molar-refractivity contribution in [3.8, 4) is 0 Å². The van der Waals surface area contributed by atoms with Crippen LogP contribution in [0.25, 0.3) is 0 Å². The maximum atomic E-state index is 6.46. The first-order valence-corrected chi connectivity index (χ1v) is 9.81. The van der Waals surface area contributed by atoms with Crippen LogP contribution in [0.4, 0.5) is 0 Å². The molecule has 0 unspecified atom stereocenters. The van der Waals surface area contributed by atoms with Crippen LogP contribution >= 0.6 is 0 Å². The van der Waals surface area contributed by atoms with E-state index >= 15 is 0 Å². The molecule has 1 heteroatoms. The Hall–Kier alpha value is -0.300. The van der Waals surface area contributed by atoms with E-state index in [1.807, 2.05) is 0 Å². The zero-order chi connectivity index (χ0) is 15.2. The fraction of sp³-hybridized carbons (Fsp3) is 0.905. The number of allylic oxidation sites excluding steroid dienone is 1. The summed E-state index contributed by atoms with van der Waals surface area (Å²) in [5, 5.41) is 0. The SMILES string of the molecule is C=C1CC2(CCCC2)[C@@H]2O[C@]2(C)C[C@@H]2CCC[C@@]3(C)C[C@H]1[C@@H]23. The average Bonchev–Trinajstić information content (AvgIpc) is 2.90. The van der Waals surface area contributed by atoms with E-state index < -0.39 is 0 Å². The topological polar surface area (TPSA) is 12.5 Å². The van der Waals surface area contributed by atoms with E-state index in [4.69, 9.17) is 4.74 Å². The maximum Gasteiger partial charge on any atom is 0.0930 e. The molecule has 1 nitrogen and oxygen atoms in total. The maximum absolute atomic E-state index is 6.46. The smallest absolute Gasteiger partial charge is 0.0930 e. The van der Waals surface area contributed by atoms with Gasteiger partial charge in [0.2, 0.25) is 0 Å². The van der Waals surface area contributed by atoms with Crippen molar-refractivity contribution in [2.45, 2.75) is 89.8 Å². The summed E-state index contributed by atoms with van der Waals surface area (Å²) in [6.07, 6.45) is 14.6. The van der Waals surface area contributed by atoms with Crippen LogP contribution in [0.3, 0.4) is 0 Å². The summed E-state index contributed by atoms with van der Waals surface area (Å²) >= 11 is 0. The van der Waals surface area contributed by atoms with Crippen molar-refractivity contribution in [3.05, 3.63) is 12.2 Å². The molecule has 1 spiro atoms. The first-order valence-electron chi connectivity index (χ1n) is 9.81. The van der Waals surface area contributed by atoms with Crippen LogP contribution in [0.15, 0.2) is 12.2 Å². The van der Waals surface area contributed by atoms with Gasteiger partial charge in [-0.1, -0.05) is 44.8 Å². The van der Waals surface area contributed by atoms with Crippen LogP contribution in [0.5, 0.6) is 0 Å². The van der Waals surface area contributed by atoms with Crippen LogP contribution in [0.2, 0.25) is 0 Å². The summed E-state index contributed by atoms with van der Waals surface area (Å²) in [6, 6.07) is 0. The molecule has 1 heterocycles. The molecule has 0 aromatic carbocycles. The van der Waals surface area contributed by atoms with Gasteiger partial charge >= 0.3 is 0 Å². The van der Waals surface area contributed by atoms with Crippen molar-refractivity contribution in [2.24, 2.45) is 28.6 Å². The third kappa shape index (κ3) is 1.70. The van der Waals surface area contributed by atoms with E-state index in [0.29, 0.717) is 16.9 Å². The summed E-state index contributed by atoms with van der Waals surface area (Å²) in [5.41, 5.74) is 2.91. The lowest BCUT2D eigenvalue weighted by Crippen LogP contribution is -2.53. The summed E-state index contributed by atoms with van der Waals surface area (Å²) < 4.78 is 6.46. The van der Waals surface area contributed by atoms with Crippen LogP contribution in [0.1, 0.15) is 78.1 Å². The van der Waals surface area contributed by atoms with Gasteiger partial charge in [0.25, 0.3) is 0 Å². The van der Waals surface area contributed by atoms with Gasteiger partial charge in [-0.3, -0.25) is 0 Å². The number of rotatable bonds is 0. The molecule has 5 fully saturated rings. The second kappa shape index (κ2) is 4.21. The van der Waals surface area contributed by atoms with Gasteiger partial charge in [-0.25, -0.2) is 0 Å². The minimum absolute atomic E-state index is 0.206. The number of epoxide rings is 1. The van der Waals surface area contributed by atoms with Crippen molar-refractivity contribution in [1.82, 2.24) is 0 Å². The minimum Gasteiger partial charge on any atom is -0.366 e. The fourth-order valence-electron chi connectivity index (χ4n) is 7.71. The molecule has 0 bridgehead atoms. The lowest BCUT2D eigenvalue weighted by molar-refractivity contribution is -0.0929. The number of hydrogen-bond acceptors (Lipinski definition) is 1. The molecule has 0 aromatic rings.